The molecule has 1 fully saturated rings. The Morgan fingerprint density at radius 3 is 2.78 bits per heavy atom. The topological polar surface area (TPSA) is 46.6 Å². The van der Waals surface area contributed by atoms with Crippen LogP contribution in [0.2, 0.25) is 0 Å². The Labute approximate surface area is 108 Å². The van der Waals surface area contributed by atoms with Gasteiger partial charge in [-0.15, -0.1) is 0 Å². The molecule has 0 radical (unpaired) electrons. The van der Waals surface area contributed by atoms with Gasteiger partial charge < -0.3 is 4.74 Å². The molecular formula is C14H21NO3. The van der Waals surface area contributed by atoms with Gasteiger partial charge in [0, 0.05) is 0 Å². The first kappa shape index (κ1) is 13.1. The molecule has 1 aliphatic carbocycles. The third-order valence-corrected chi connectivity index (χ3v) is 3.32. The van der Waals surface area contributed by atoms with Crippen molar-refractivity contribution in [3.05, 3.63) is 12.2 Å². The zero-order valence-electron chi connectivity index (χ0n) is 11.3. The second-order valence-electron chi connectivity index (χ2n) is 6.00. The van der Waals surface area contributed by atoms with Crippen molar-refractivity contribution < 1.29 is 14.3 Å². The van der Waals surface area contributed by atoms with E-state index in [-0.39, 0.29) is 17.9 Å². The molecular weight excluding hydrogens is 230 g/mol. The molecule has 2 amide bonds. The largest absolute Gasteiger partial charge is 0.443 e. The predicted octanol–water partition coefficient (Wildman–Crippen LogP) is 2.88. The highest BCUT2D eigenvalue weighted by atomic mass is 16.6. The molecule has 0 aromatic carbocycles. The van der Waals surface area contributed by atoms with Crippen LogP contribution < -0.4 is 0 Å². The van der Waals surface area contributed by atoms with Gasteiger partial charge in [-0.05, 0) is 40.0 Å². The third-order valence-electron chi connectivity index (χ3n) is 3.32. The number of carbonyl (C=O) groups excluding carboxylic acids is 2. The maximum absolute atomic E-state index is 12.0. The zero-order chi connectivity index (χ0) is 13.3. The minimum atomic E-state index is -0.562. The van der Waals surface area contributed by atoms with Gasteiger partial charge in [-0.3, -0.25) is 4.79 Å². The molecule has 2 rings (SSSR count). The van der Waals surface area contributed by atoms with E-state index in [0.717, 1.165) is 25.7 Å². The summed E-state index contributed by atoms with van der Waals surface area (Å²) in [5.74, 6) is -0.102. The number of hydrogen-bond donors (Lipinski definition) is 0. The number of nitrogens with zero attached hydrogens (tertiary/aromatic N) is 1. The van der Waals surface area contributed by atoms with Crippen molar-refractivity contribution in [3.63, 3.8) is 0 Å². The Morgan fingerprint density at radius 1 is 1.39 bits per heavy atom. The number of likely N-dealkylation sites (tertiary alicyclic amines) is 1. The lowest BCUT2D eigenvalue weighted by molar-refractivity contribution is -0.151. The summed E-state index contributed by atoms with van der Waals surface area (Å²) in [5, 5.41) is 0. The Bertz CT molecular complexity index is 381. The van der Waals surface area contributed by atoms with Crippen LogP contribution in [0.15, 0.2) is 12.2 Å². The number of β-lactam (4-membered cyclic amide) rings is 1. The van der Waals surface area contributed by atoms with Gasteiger partial charge in [-0.25, -0.2) is 9.69 Å². The van der Waals surface area contributed by atoms with Gasteiger partial charge in [0.2, 0.25) is 5.91 Å². The van der Waals surface area contributed by atoms with Crippen LogP contribution in [0, 0.1) is 5.92 Å². The summed E-state index contributed by atoms with van der Waals surface area (Å²) >= 11 is 0. The molecule has 0 saturated carbocycles. The highest BCUT2D eigenvalue weighted by Gasteiger charge is 2.50. The molecule has 1 aliphatic heterocycles. The Morgan fingerprint density at radius 2 is 2.11 bits per heavy atom. The molecule has 2 aliphatic rings. The maximum atomic E-state index is 12.0. The molecule has 18 heavy (non-hydrogen) atoms. The number of rotatable bonds is 0. The first-order valence-electron chi connectivity index (χ1n) is 6.63. The normalized spacial score (nSPS) is 29.7. The molecule has 0 N–H and O–H groups in total. The second kappa shape index (κ2) is 4.75. The van der Waals surface area contributed by atoms with Crippen molar-refractivity contribution in [1.29, 1.82) is 0 Å². The van der Waals surface area contributed by atoms with Crippen LogP contribution in [-0.4, -0.2) is 28.5 Å². The fourth-order valence-corrected chi connectivity index (χ4v) is 2.47. The zero-order valence-corrected chi connectivity index (χ0v) is 11.3. The fourth-order valence-electron chi connectivity index (χ4n) is 2.47. The lowest BCUT2D eigenvalue weighted by Crippen LogP contribution is -2.63. The molecule has 0 bridgehead atoms. The van der Waals surface area contributed by atoms with Gasteiger partial charge in [0.25, 0.3) is 0 Å². The van der Waals surface area contributed by atoms with Gasteiger partial charge >= 0.3 is 6.09 Å². The summed E-state index contributed by atoms with van der Waals surface area (Å²) in [7, 11) is 0. The minimum Gasteiger partial charge on any atom is -0.443 e. The van der Waals surface area contributed by atoms with Crippen molar-refractivity contribution in [3.8, 4) is 0 Å². The van der Waals surface area contributed by atoms with Gasteiger partial charge in [0.05, 0.1) is 12.0 Å². The number of fused-ring (bicyclic) bond motifs is 1. The van der Waals surface area contributed by atoms with Crippen molar-refractivity contribution >= 4 is 12.0 Å². The molecule has 1 saturated heterocycles. The molecule has 0 unspecified atom stereocenters. The van der Waals surface area contributed by atoms with Crippen LogP contribution in [0.3, 0.4) is 0 Å². The van der Waals surface area contributed by atoms with Crippen molar-refractivity contribution in [1.82, 2.24) is 4.90 Å². The lowest BCUT2D eigenvalue weighted by atomic mass is 9.81. The maximum Gasteiger partial charge on any atom is 0.417 e. The summed E-state index contributed by atoms with van der Waals surface area (Å²) in [4.78, 5) is 25.2. The van der Waals surface area contributed by atoms with E-state index in [0.29, 0.717) is 0 Å². The van der Waals surface area contributed by atoms with E-state index in [4.69, 9.17) is 4.74 Å². The van der Waals surface area contributed by atoms with E-state index in [9.17, 15) is 9.59 Å². The van der Waals surface area contributed by atoms with Gasteiger partial charge in [0.15, 0.2) is 0 Å². The Balaban J connectivity index is 2.07. The van der Waals surface area contributed by atoms with Crippen LogP contribution in [0.1, 0.15) is 46.5 Å². The number of amides is 2. The van der Waals surface area contributed by atoms with Crippen molar-refractivity contribution in [2.45, 2.75) is 58.1 Å². The lowest BCUT2D eigenvalue weighted by Gasteiger charge is -2.44. The van der Waals surface area contributed by atoms with E-state index in [1.54, 1.807) is 20.8 Å². The van der Waals surface area contributed by atoms with Gasteiger partial charge in [0.1, 0.15) is 5.60 Å². The molecule has 2 atom stereocenters. The summed E-state index contributed by atoms with van der Waals surface area (Å²) < 4.78 is 5.27. The number of ether oxygens (including phenoxy) is 1. The van der Waals surface area contributed by atoms with Crippen LogP contribution >= 0.6 is 0 Å². The summed E-state index contributed by atoms with van der Waals surface area (Å²) in [6.45, 7) is 5.42. The SMILES string of the molecule is CC(C)(C)OC(=O)N1C(=O)[C@H]2CCCC/C=C\[C@H]21. The van der Waals surface area contributed by atoms with Crippen LogP contribution in [0.25, 0.3) is 0 Å². The predicted molar refractivity (Wildman–Crippen MR) is 68.0 cm³/mol. The van der Waals surface area contributed by atoms with E-state index >= 15 is 0 Å². The van der Waals surface area contributed by atoms with E-state index in [1.165, 1.54) is 4.90 Å². The molecule has 4 heteroatoms. The first-order valence-corrected chi connectivity index (χ1v) is 6.63. The van der Waals surface area contributed by atoms with Gasteiger partial charge in [-0.2, -0.15) is 0 Å². The number of allylic oxidation sites excluding steroid dienone is 1. The number of carbonyl (C=O) groups is 2. The van der Waals surface area contributed by atoms with Crippen molar-refractivity contribution in [2.24, 2.45) is 5.92 Å². The number of imide groups is 1. The summed E-state index contributed by atoms with van der Waals surface area (Å²) in [6.07, 6.45) is 7.63. The molecule has 1 heterocycles. The van der Waals surface area contributed by atoms with Gasteiger partial charge in [-0.1, -0.05) is 18.6 Å². The fraction of sp³-hybridized carbons (Fsp3) is 0.714. The molecule has 0 aromatic rings. The molecule has 4 nitrogen and oxygen atoms in total. The molecule has 100 valence electrons. The van der Waals surface area contributed by atoms with Crippen molar-refractivity contribution in [2.75, 3.05) is 0 Å². The van der Waals surface area contributed by atoms with E-state index in [2.05, 4.69) is 6.08 Å². The minimum absolute atomic E-state index is 0.0194. The summed E-state index contributed by atoms with van der Waals surface area (Å²) in [6, 6.07) is -0.0901. The van der Waals surface area contributed by atoms with Crippen LogP contribution in [0.5, 0.6) is 0 Å². The smallest absolute Gasteiger partial charge is 0.417 e. The summed E-state index contributed by atoms with van der Waals surface area (Å²) in [5.41, 5.74) is -0.562. The number of hydrogen-bond acceptors (Lipinski definition) is 3. The monoisotopic (exact) mass is 251 g/mol. The molecule has 0 spiro atoms. The molecule has 0 aromatic heterocycles. The highest BCUT2D eigenvalue weighted by molar-refractivity contribution is 6.00. The highest BCUT2D eigenvalue weighted by Crippen LogP contribution is 2.34. The average Bonchev–Trinajstić information content (AvgIpc) is 2.19. The standard InChI is InChI=1S/C14H21NO3/c1-14(2,3)18-13(17)15-11-9-7-5-4-6-8-10(11)12(15)16/h7,9-11H,4-6,8H2,1-3H3/b9-7-/t10-,11+/m0/s1. The van der Waals surface area contributed by atoms with E-state index < -0.39 is 11.7 Å². The Hall–Kier alpha value is -1.32. The van der Waals surface area contributed by atoms with Crippen LogP contribution in [-0.2, 0) is 9.53 Å². The second-order valence-corrected chi connectivity index (χ2v) is 6.00. The average molecular weight is 251 g/mol. The quantitative estimate of drug-likeness (QED) is 0.491. The Kier molecular flexibility index (Phi) is 3.46. The van der Waals surface area contributed by atoms with E-state index in [1.807, 2.05) is 6.08 Å². The van der Waals surface area contributed by atoms with Crippen LogP contribution in [0.4, 0.5) is 4.79 Å². The third kappa shape index (κ3) is 2.57. The first-order chi connectivity index (χ1) is 8.40.